The van der Waals surface area contributed by atoms with Crippen LogP contribution in [-0.4, -0.2) is 17.7 Å². The molecule has 0 aromatic heterocycles. The van der Waals surface area contributed by atoms with Gasteiger partial charge in [-0.1, -0.05) is 12.7 Å². The zero-order valence-electron chi connectivity index (χ0n) is 7.99. The Morgan fingerprint density at radius 2 is 2.36 bits per heavy atom. The highest BCUT2D eigenvalue weighted by molar-refractivity contribution is 5.90. The van der Waals surface area contributed by atoms with E-state index in [9.17, 15) is 9.90 Å². The highest BCUT2D eigenvalue weighted by Gasteiger charge is 2.07. The van der Waals surface area contributed by atoms with Gasteiger partial charge >= 0.3 is 5.97 Å². The molecule has 74 valence electrons. The second kappa shape index (κ2) is 4.46. The number of phenols is 1. The Morgan fingerprint density at radius 3 is 2.93 bits per heavy atom. The van der Waals surface area contributed by atoms with Crippen LogP contribution in [0.25, 0.3) is 6.08 Å². The lowest BCUT2D eigenvalue weighted by Gasteiger charge is -2.03. The van der Waals surface area contributed by atoms with E-state index in [4.69, 9.17) is 4.74 Å². The summed E-state index contributed by atoms with van der Waals surface area (Å²) in [5.41, 5.74) is 0.940. The smallest absolute Gasteiger partial charge is 0.338 e. The molecule has 1 N–H and O–H groups in total. The van der Waals surface area contributed by atoms with Crippen molar-refractivity contribution in [2.45, 2.75) is 6.92 Å². The Labute approximate surface area is 82.6 Å². The van der Waals surface area contributed by atoms with Gasteiger partial charge in [-0.25, -0.2) is 4.79 Å². The van der Waals surface area contributed by atoms with E-state index in [1.807, 2.05) is 0 Å². The fourth-order valence-electron chi connectivity index (χ4n) is 1.06. The minimum Gasteiger partial charge on any atom is -0.507 e. The molecular weight excluding hydrogens is 180 g/mol. The van der Waals surface area contributed by atoms with Crippen LogP contribution in [0.5, 0.6) is 5.75 Å². The van der Waals surface area contributed by atoms with Gasteiger partial charge in [-0.3, -0.25) is 0 Å². The number of rotatable bonds is 3. The first-order valence-electron chi connectivity index (χ1n) is 4.31. The topological polar surface area (TPSA) is 46.5 Å². The van der Waals surface area contributed by atoms with Crippen molar-refractivity contribution in [2.75, 3.05) is 6.61 Å². The Bertz CT molecular complexity index is 356. The Hall–Kier alpha value is -1.77. The zero-order valence-corrected chi connectivity index (χ0v) is 7.99. The van der Waals surface area contributed by atoms with Gasteiger partial charge < -0.3 is 9.84 Å². The van der Waals surface area contributed by atoms with Gasteiger partial charge in [0.2, 0.25) is 0 Å². The number of benzene rings is 1. The van der Waals surface area contributed by atoms with Gasteiger partial charge in [0, 0.05) is 5.56 Å². The van der Waals surface area contributed by atoms with E-state index in [1.54, 1.807) is 13.0 Å². The van der Waals surface area contributed by atoms with Gasteiger partial charge in [-0.2, -0.15) is 0 Å². The Morgan fingerprint density at radius 1 is 1.64 bits per heavy atom. The Balaban J connectivity index is 3.00. The number of carbonyl (C=O) groups is 1. The molecule has 0 saturated heterocycles. The summed E-state index contributed by atoms with van der Waals surface area (Å²) in [4.78, 5) is 11.3. The number of hydrogen-bond acceptors (Lipinski definition) is 3. The zero-order chi connectivity index (χ0) is 10.6. The van der Waals surface area contributed by atoms with Crippen molar-refractivity contribution in [1.29, 1.82) is 0 Å². The number of ether oxygens (including phenoxy) is 1. The molecule has 14 heavy (non-hydrogen) atoms. The molecule has 0 fully saturated rings. The average molecular weight is 192 g/mol. The summed E-state index contributed by atoms with van der Waals surface area (Å²) >= 11 is 0. The molecule has 0 spiro atoms. The summed E-state index contributed by atoms with van der Waals surface area (Å²) < 4.78 is 4.81. The lowest BCUT2D eigenvalue weighted by molar-refractivity contribution is 0.0526. The second-order valence-corrected chi connectivity index (χ2v) is 2.70. The molecule has 0 amide bonds. The van der Waals surface area contributed by atoms with Crippen LogP contribution in [0.3, 0.4) is 0 Å². The fourth-order valence-corrected chi connectivity index (χ4v) is 1.06. The van der Waals surface area contributed by atoms with Crippen LogP contribution in [0.15, 0.2) is 24.8 Å². The third kappa shape index (κ3) is 2.13. The predicted octanol–water partition coefficient (Wildman–Crippen LogP) is 2.21. The maximum absolute atomic E-state index is 11.3. The van der Waals surface area contributed by atoms with Gasteiger partial charge in [-0.15, -0.1) is 0 Å². The van der Waals surface area contributed by atoms with Crippen molar-refractivity contribution in [3.63, 3.8) is 0 Å². The summed E-state index contributed by atoms with van der Waals surface area (Å²) in [6.45, 7) is 5.61. The molecule has 0 aliphatic rings. The minimum absolute atomic E-state index is 0.105. The molecule has 0 atom stereocenters. The first kappa shape index (κ1) is 10.3. The van der Waals surface area contributed by atoms with Crippen molar-refractivity contribution in [3.8, 4) is 5.75 Å². The highest BCUT2D eigenvalue weighted by Crippen LogP contribution is 2.19. The van der Waals surface area contributed by atoms with Gasteiger partial charge in [0.15, 0.2) is 0 Å². The summed E-state index contributed by atoms with van der Waals surface area (Å²) in [7, 11) is 0. The van der Waals surface area contributed by atoms with Crippen LogP contribution in [0.2, 0.25) is 0 Å². The van der Waals surface area contributed by atoms with E-state index >= 15 is 0 Å². The normalized spacial score (nSPS) is 9.50. The molecule has 1 aromatic carbocycles. The van der Waals surface area contributed by atoms with Crippen molar-refractivity contribution in [2.24, 2.45) is 0 Å². The number of aromatic hydroxyl groups is 1. The van der Waals surface area contributed by atoms with Crippen LogP contribution in [0.4, 0.5) is 0 Å². The molecule has 0 bridgehead atoms. The molecule has 3 nitrogen and oxygen atoms in total. The van der Waals surface area contributed by atoms with Crippen molar-refractivity contribution >= 4 is 12.0 Å². The van der Waals surface area contributed by atoms with E-state index < -0.39 is 5.97 Å². The molecular formula is C11H12O3. The molecule has 1 aromatic rings. The SMILES string of the molecule is C=Cc1cc(C(=O)OCC)ccc1O. The summed E-state index contributed by atoms with van der Waals surface area (Å²) in [5, 5.41) is 9.32. The molecule has 0 saturated carbocycles. The van der Waals surface area contributed by atoms with E-state index in [1.165, 1.54) is 18.2 Å². The van der Waals surface area contributed by atoms with Crippen molar-refractivity contribution < 1.29 is 14.6 Å². The maximum atomic E-state index is 11.3. The van der Waals surface area contributed by atoms with E-state index in [-0.39, 0.29) is 5.75 Å². The molecule has 1 rings (SSSR count). The summed E-state index contributed by atoms with van der Waals surface area (Å²) in [6.07, 6.45) is 1.48. The third-order valence-corrected chi connectivity index (χ3v) is 1.76. The molecule has 0 radical (unpaired) electrons. The lowest BCUT2D eigenvalue weighted by Crippen LogP contribution is -2.04. The van der Waals surface area contributed by atoms with Crippen LogP contribution in [0.1, 0.15) is 22.8 Å². The van der Waals surface area contributed by atoms with E-state index in [2.05, 4.69) is 6.58 Å². The second-order valence-electron chi connectivity index (χ2n) is 2.70. The quantitative estimate of drug-likeness (QED) is 0.747. The molecule has 0 heterocycles. The van der Waals surface area contributed by atoms with Crippen molar-refractivity contribution in [1.82, 2.24) is 0 Å². The van der Waals surface area contributed by atoms with Crippen LogP contribution >= 0.6 is 0 Å². The lowest BCUT2D eigenvalue weighted by atomic mass is 10.1. The number of phenolic OH excluding ortho intramolecular Hbond substituents is 1. The van der Waals surface area contributed by atoms with Gasteiger partial charge in [0.25, 0.3) is 0 Å². The molecule has 0 unspecified atom stereocenters. The molecule has 0 aliphatic carbocycles. The number of carbonyl (C=O) groups excluding carboxylic acids is 1. The number of hydrogen-bond donors (Lipinski definition) is 1. The molecule has 3 heteroatoms. The van der Waals surface area contributed by atoms with Crippen LogP contribution in [-0.2, 0) is 4.74 Å². The van der Waals surface area contributed by atoms with Gasteiger partial charge in [0.05, 0.1) is 12.2 Å². The number of esters is 1. The standard InChI is InChI=1S/C11H12O3/c1-3-8-7-9(5-6-10(8)12)11(13)14-4-2/h3,5-7,12H,1,4H2,2H3. The van der Waals surface area contributed by atoms with Crippen molar-refractivity contribution in [3.05, 3.63) is 35.9 Å². The van der Waals surface area contributed by atoms with Crippen LogP contribution < -0.4 is 0 Å². The average Bonchev–Trinajstić information content (AvgIpc) is 2.19. The van der Waals surface area contributed by atoms with Gasteiger partial charge in [0.1, 0.15) is 5.75 Å². The Kier molecular flexibility index (Phi) is 3.29. The molecule has 0 aliphatic heterocycles. The summed E-state index contributed by atoms with van der Waals surface area (Å²) in [6, 6.07) is 4.50. The first-order valence-corrected chi connectivity index (χ1v) is 4.31. The first-order chi connectivity index (χ1) is 6.69. The predicted molar refractivity (Wildman–Crippen MR) is 54.2 cm³/mol. The minimum atomic E-state index is -0.393. The highest BCUT2D eigenvalue weighted by atomic mass is 16.5. The maximum Gasteiger partial charge on any atom is 0.338 e. The van der Waals surface area contributed by atoms with Gasteiger partial charge in [-0.05, 0) is 25.1 Å². The fraction of sp³-hybridized carbons (Fsp3) is 0.182. The van der Waals surface area contributed by atoms with Crippen LogP contribution in [0, 0.1) is 0 Å². The largest absolute Gasteiger partial charge is 0.507 e. The summed E-state index contributed by atoms with van der Waals surface area (Å²) in [5.74, 6) is -0.288. The third-order valence-electron chi connectivity index (χ3n) is 1.76. The van der Waals surface area contributed by atoms with E-state index in [0.717, 1.165) is 0 Å². The van der Waals surface area contributed by atoms with E-state index in [0.29, 0.717) is 17.7 Å². The monoisotopic (exact) mass is 192 g/mol.